The maximum atomic E-state index is 13.8. The van der Waals surface area contributed by atoms with E-state index in [4.69, 9.17) is 0 Å². The first-order valence-electron chi connectivity index (χ1n) is 7.45. The Morgan fingerprint density at radius 1 is 1.12 bits per heavy atom. The van der Waals surface area contributed by atoms with Gasteiger partial charge in [0.1, 0.15) is 16.5 Å². The summed E-state index contributed by atoms with van der Waals surface area (Å²) in [6.07, 6.45) is 0. The van der Waals surface area contributed by atoms with Crippen LogP contribution in [0.3, 0.4) is 0 Å². The minimum atomic E-state index is -4.33. The average molecular weight is 367 g/mol. The second kappa shape index (κ2) is 6.67. The van der Waals surface area contributed by atoms with Gasteiger partial charge in [-0.15, -0.1) is 0 Å². The molecule has 0 spiro atoms. The van der Waals surface area contributed by atoms with Gasteiger partial charge >= 0.3 is 0 Å². The van der Waals surface area contributed by atoms with Gasteiger partial charge < -0.3 is 10.2 Å². The number of piperazine rings is 1. The molecular formula is C16H15F2N3O3S. The summed E-state index contributed by atoms with van der Waals surface area (Å²) >= 11 is 0. The normalized spacial score (nSPS) is 15.0. The second-order valence-corrected chi connectivity index (χ2v) is 7.12. The van der Waals surface area contributed by atoms with E-state index < -0.39 is 26.6 Å². The van der Waals surface area contributed by atoms with Gasteiger partial charge in [0.25, 0.3) is 10.0 Å². The fourth-order valence-corrected chi connectivity index (χ4v) is 3.73. The Morgan fingerprint density at radius 2 is 1.88 bits per heavy atom. The molecule has 2 aromatic rings. The lowest BCUT2D eigenvalue weighted by atomic mass is 10.2. The van der Waals surface area contributed by atoms with Crippen molar-refractivity contribution in [3.63, 3.8) is 0 Å². The largest absolute Gasteiger partial charge is 0.359 e. The number of benzene rings is 2. The lowest BCUT2D eigenvalue weighted by Gasteiger charge is -2.30. The zero-order valence-electron chi connectivity index (χ0n) is 13.0. The van der Waals surface area contributed by atoms with Crippen molar-refractivity contribution in [1.29, 1.82) is 0 Å². The van der Waals surface area contributed by atoms with Crippen LogP contribution in [-0.4, -0.2) is 34.0 Å². The highest BCUT2D eigenvalue weighted by Gasteiger charge is 2.24. The van der Waals surface area contributed by atoms with Crippen molar-refractivity contribution in [2.45, 2.75) is 4.90 Å². The number of hydrogen-bond acceptors (Lipinski definition) is 4. The number of sulfonamides is 1. The van der Waals surface area contributed by atoms with Crippen LogP contribution in [0.4, 0.5) is 20.2 Å². The monoisotopic (exact) mass is 367 g/mol. The van der Waals surface area contributed by atoms with Crippen LogP contribution in [0.1, 0.15) is 0 Å². The zero-order valence-corrected chi connectivity index (χ0v) is 13.8. The zero-order chi connectivity index (χ0) is 18.0. The van der Waals surface area contributed by atoms with Crippen LogP contribution in [0, 0.1) is 11.6 Å². The highest BCUT2D eigenvalue weighted by molar-refractivity contribution is 7.92. The Morgan fingerprint density at radius 3 is 2.64 bits per heavy atom. The highest BCUT2D eigenvalue weighted by atomic mass is 32.2. The van der Waals surface area contributed by atoms with Crippen molar-refractivity contribution in [3.05, 3.63) is 54.1 Å². The molecule has 2 aromatic carbocycles. The van der Waals surface area contributed by atoms with Crippen molar-refractivity contribution in [3.8, 4) is 0 Å². The molecule has 0 bridgehead atoms. The molecule has 1 heterocycles. The Hall–Kier alpha value is -2.68. The summed E-state index contributed by atoms with van der Waals surface area (Å²) in [5.74, 6) is -2.09. The highest BCUT2D eigenvalue weighted by Crippen LogP contribution is 2.29. The van der Waals surface area contributed by atoms with Crippen LogP contribution >= 0.6 is 0 Å². The number of halogens is 2. The van der Waals surface area contributed by atoms with Gasteiger partial charge in [0.15, 0.2) is 0 Å². The molecule has 0 saturated carbocycles. The Kier molecular flexibility index (Phi) is 4.58. The number of carbonyl (C=O) groups excluding carboxylic acids is 1. The maximum Gasteiger partial charge on any atom is 0.264 e. The van der Waals surface area contributed by atoms with Crippen molar-refractivity contribution in [1.82, 2.24) is 5.32 Å². The summed E-state index contributed by atoms with van der Waals surface area (Å²) in [4.78, 5) is 12.5. The first kappa shape index (κ1) is 17.2. The molecule has 6 nitrogen and oxygen atoms in total. The van der Waals surface area contributed by atoms with Gasteiger partial charge in [0.2, 0.25) is 5.91 Å². The summed E-state index contributed by atoms with van der Waals surface area (Å²) < 4.78 is 54.3. The van der Waals surface area contributed by atoms with Crippen LogP contribution in [-0.2, 0) is 14.8 Å². The average Bonchev–Trinajstić information content (AvgIpc) is 2.57. The summed E-state index contributed by atoms with van der Waals surface area (Å²) in [6.45, 7) is 1.00. The molecule has 1 aliphatic rings. The standard InChI is InChI=1S/C16H15F2N3O3S/c17-11-5-6-12(18)15(9-11)25(23,24)20-13-3-1-2-4-14(13)21-8-7-19-16(22)10-21/h1-6,9,20H,7-8,10H2,(H,19,22). The van der Waals surface area contributed by atoms with E-state index in [0.717, 1.165) is 12.1 Å². The second-order valence-electron chi connectivity index (χ2n) is 5.47. The molecule has 0 aliphatic carbocycles. The molecule has 0 radical (unpaired) electrons. The lowest BCUT2D eigenvalue weighted by Crippen LogP contribution is -2.47. The maximum absolute atomic E-state index is 13.8. The predicted molar refractivity (Wildman–Crippen MR) is 88.8 cm³/mol. The van der Waals surface area contributed by atoms with E-state index in [1.807, 2.05) is 0 Å². The molecule has 9 heteroatoms. The quantitative estimate of drug-likeness (QED) is 0.862. The minimum absolute atomic E-state index is 0.0765. The lowest BCUT2D eigenvalue weighted by molar-refractivity contribution is -0.120. The number of nitrogens with one attached hydrogen (secondary N) is 2. The number of hydrogen-bond donors (Lipinski definition) is 2. The molecule has 1 saturated heterocycles. The number of amides is 1. The van der Waals surface area contributed by atoms with Crippen LogP contribution in [0.25, 0.3) is 0 Å². The van der Waals surface area contributed by atoms with Gasteiger partial charge in [-0.25, -0.2) is 17.2 Å². The Labute approximate surface area is 143 Å². The number of nitrogens with zero attached hydrogens (tertiary/aromatic N) is 1. The molecule has 0 atom stereocenters. The number of para-hydroxylation sites is 2. The number of carbonyl (C=O) groups is 1. The van der Waals surface area contributed by atoms with E-state index in [9.17, 15) is 22.0 Å². The third-order valence-corrected chi connectivity index (χ3v) is 5.09. The Bertz CT molecular complexity index is 919. The number of rotatable bonds is 4. The minimum Gasteiger partial charge on any atom is -0.359 e. The van der Waals surface area contributed by atoms with Crippen molar-refractivity contribution in [2.24, 2.45) is 0 Å². The van der Waals surface area contributed by atoms with E-state index >= 15 is 0 Å². The molecule has 2 N–H and O–H groups in total. The van der Waals surface area contributed by atoms with Gasteiger partial charge in [-0.1, -0.05) is 12.1 Å². The van der Waals surface area contributed by atoms with E-state index in [1.54, 1.807) is 23.1 Å². The molecule has 1 amide bonds. The SMILES string of the molecule is O=C1CN(c2ccccc2NS(=O)(=O)c2cc(F)ccc2F)CCN1. The fraction of sp³-hybridized carbons (Fsp3) is 0.188. The molecule has 132 valence electrons. The van der Waals surface area contributed by atoms with Crippen molar-refractivity contribution < 1.29 is 22.0 Å². The Balaban J connectivity index is 1.95. The number of anilines is 2. The molecule has 3 rings (SSSR count). The third-order valence-electron chi connectivity index (χ3n) is 3.71. The van der Waals surface area contributed by atoms with Gasteiger partial charge in [-0.2, -0.15) is 0 Å². The van der Waals surface area contributed by atoms with E-state index in [1.165, 1.54) is 6.07 Å². The van der Waals surface area contributed by atoms with Gasteiger partial charge in [-0.3, -0.25) is 9.52 Å². The van der Waals surface area contributed by atoms with Crippen LogP contribution in [0.15, 0.2) is 47.4 Å². The van der Waals surface area contributed by atoms with Gasteiger partial charge in [0, 0.05) is 13.1 Å². The predicted octanol–water partition coefficient (Wildman–Crippen LogP) is 1.70. The summed E-state index contributed by atoms with van der Waals surface area (Å²) in [5, 5.41) is 2.68. The van der Waals surface area contributed by atoms with E-state index in [0.29, 0.717) is 24.8 Å². The first-order chi connectivity index (χ1) is 11.9. The topological polar surface area (TPSA) is 78.5 Å². The summed E-state index contributed by atoms with van der Waals surface area (Å²) in [5.41, 5.74) is 0.665. The molecule has 1 aliphatic heterocycles. The molecule has 25 heavy (non-hydrogen) atoms. The molecular weight excluding hydrogens is 352 g/mol. The van der Waals surface area contributed by atoms with Gasteiger partial charge in [-0.05, 0) is 30.3 Å². The van der Waals surface area contributed by atoms with Gasteiger partial charge in [0.05, 0.1) is 17.9 Å². The van der Waals surface area contributed by atoms with E-state index in [2.05, 4.69) is 10.0 Å². The smallest absolute Gasteiger partial charge is 0.264 e. The molecule has 0 aromatic heterocycles. The third kappa shape index (κ3) is 3.71. The first-order valence-corrected chi connectivity index (χ1v) is 8.94. The van der Waals surface area contributed by atoms with Crippen molar-refractivity contribution >= 4 is 27.3 Å². The molecule has 1 fully saturated rings. The molecule has 0 unspecified atom stereocenters. The van der Waals surface area contributed by atoms with E-state index in [-0.39, 0.29) is 18.1 Å². The fourth-order valence-electron chi connectivity index (χ4n) is 2.56. The van der Waals surface area contributed by atoms with Crippen LogP contribution in [0.2, 0.25) is 0 Å². The van der Waals surface area contributed by atoms with Crippen molar-refractivity contribution in [2.75, 3.05) is 29.3 Å². The van der Waals surface area contributed by atoms with Crippen LogP contribution < -0.4 is 14.9 Å². The summed E-state index contributed by atoms with van der Waals surface area (Å²) in [7, 11) is -4.33. The summed E-state index contributed by atoms with van der Waals surface area (Å²) in [6, 6.07) is 8.67. The van der Waals surface area contributed by atoms with Crippen LogP contribution in [0.5, 0.6) is 0 Å².